The van der Waals surface area contributed by atoms with Gasteiger partial charge in [-0.1, -0.05) is 48.5 Å². The summed E-state index contributed by atoms with van der Waals surface area (Å²) in [7, 11) is 1.48. The quantitative estimate of drug-likeness (QED) is 0.849. The van der Waals surface area contributed by atoms with Gasteiger partial charge in [0.15, 0.2) is 0 Å². The molecule has 1 N–H and O–H groups in total. The summed E-state index contributed by atoms with van der Waals surface area (Å²) < 4.78 is 0. The van der Waals surface area contributed by atoms with Gasteiger partial charge in [0.25, 0.3) is 0 Å². The second-order valence-electron chi connectivity index (χ2n) is 6.66. The molecule has 0 bridgehead atoms. The van der Waals surface area contributed by atoms with Crippen LogP contribution >= 0.6 is 0 Å². The smallest absolute Gasteiger partial charge is 0.326 e. The summed E-state index contributed by atoms with van der Waals surface area (Å²) in [6, 6.07) is 15.7. The molecule has 2 aromatic rings. The molecule has 0 saturated carbocycles. The first-order chi connectivity index (χ1) is 13.0. The van der Waals surface area contributed by atoms with Crippen molar-refractivity contribution >= 4 is 23.5 Å². The fourth-order valence-corrected chi connectivity index (χ4v) is 3.32. The first kappa shape index (κ1) is 18.6. The van der Waals surface area contributed by atoms with Gasteiger partial charge in [0.05, 0.1) is 0 Å². The average molecular weight is 366 g/mol. The second kappa shape index (κ2) is 8.03. The monoisotopic (exact) mass is 366 g/mol. The SMILES string of the molecule is CN(C(=O)CN1C(=O)CCc2ccccc21)C(Cc1ccccc1)C(=O)O. The van der Waals surface area contributed by atoms with Gasteiger partial charge < -0.3 is 14.9 Å². The molecule has 1 atom stereocenters. The normalized spacial score (nSPS) is 14.4. The van der Waals surface area contributed by atoms with Crippen LogP contribution in [-0.4, -0.2) is 47.4 Å². The van der Waals surface area contributed by atoms with E-state index in [1.807, 2.05) is 54.6 Å². The molecule has 0 saturated heterocycles. The van der Waals surface area contributed by atoms with E-state index in [9.17, 15) is 19.5 Å². The number of carboxylic acids is 1. The number of anilines is 1. The van der Waals surface area contributed by atoms with E-state index in [0.29, 0.717) is 12.8 Å². The minimum Gasteiger partial charge on any atom is -0.480 e. The van der Waals surface area contributed by atoms with Gasteiger partial charge >= 0.3 is 5.97 Å². The summed E-state index contributed by atoms with van der Waals surface area (Å²) in [6.45, 7) is -0.162. The van der Waals surface area contributed by atoms with Gasteiger partial charge in [0, 0.05) is 25.6 Å². The van der Waals surface area contributed by atoms with Crippen molar-refractivity contribution in [1.82, 2.24) is 4.90 Å². The van der Waals surface area contributed by atoms with E-state index < -0.39 is 17.9 Å². The molecule has 6 heteroatoms. The predicted molar refractivity (Wildman–Crippen MR) is 101 cm³/mol. The van der Waals surface area contributed by atoms with Crippen molar-refractivity contribution in [3.63, 3.8) is 0 Å². The van der Waals surface area contributed by atoms with Crippen molar-refractivity contribution in [2.45, 2.75) is 25.3 Å². The number of aryl methyl sites for hydroxylation is 1. The third-order valence-corrected chi connectivity index (χ3v) is 4.90. The number of hydrogen-bond donors (Lipinski definition) is 1. The van der Waals surface area contributed by atoms with E-state index in [1.165, 1.54) is 16.8 Å². The zero-order valence-corrected chi connectivity index (χ0v) is 15.2. The van der Waals surface area contributed by atoms with E-state index in [4.69, 9.17) is 0 Å². The van der Waals surface area contributed by atoms with Crippen LogP contribution in [0.2, 0.25) is 0 Å². The Morgan fingerprint density at radius 2 is 1.74 bits per heavy atom. The zero-order valence-electron chi connectivity index (χ0n) is 15.2. The Bertz CT molecular complexity index is 850. The Labute approximate surface area is 158 Å². The Balaban J connectivity index is 1.76. The number of aliphatic carboxylic acids is 1. The number of hydrogen-bond acceptors (Lipinski definition) is 3. The van der Waals surface area contributed by atoms with Gasteiger partial charge in [-0.25, -0.2) is 4.79 Å². The van der Waals surface area contributed by atoms with Crippen molar-refractivity contribution < 1.29 is 19.5 Å². The highest BCUT2D eigenvalue weighted by molar-refractivity contribution is 6.01. The highest BCUT2D eigenvalue weighted by atomic mass is 16.4. The number of carbonyl (C=O) groups excluding carboxylic acids is 2. The first-order valence-corrected chi connectivity index (χ1v) is 8.88. The molecule has 2 aromatic carbocycles. The Kier molecular flexibility index (Phi) is 5.54. The molecule has 1 aliphatic heterocycles. The molecule has 2 amide bonds. The van der Waals surface area contributed by atoms with Crippen LogP contribution in [0.3, 0.4) is 0 Å². The highest BCUT2D eigenvalue weighted by Crippen LogP contribution is 2.27. The molecule has 1 aliphatic rings. The van der Waals surface area contributed by atoms with Crippen molar-refractivity contribution in [1.29, 1.82) is 0 Å². The molecule has 3 rings (SSSR count). The fourth-order valence-electron chi connectivity index (χ4n) is 3.32. The largest absolute Gasteiger partial charge is 0.480 e. The summed E-state index contributed by atoms with van der Waals surface area (Å²) in [4.78, 5) is 39.5. The number of rotatable bonds is 6. The molecule has 1 heterocycles. The van der Waals surface area contributed by atoms with Gasteiger partial charge in [-0.05, 0) is 23.6 Å². The number of likely N-dealkylation sites (N-methyl/N-ethyl adjacent to an activating group) is 1. The van der Waals surface area contributed by atoms with Crippen LogP contribution in [-0.2, 0) is 27.2 Å². The molecular formula is C21H22N2O4. The molecule has 6 nitrogen and oxygen atoms in total. The highest BCUT2D eigenvalue weighted by Gasteiger charge is 2.31. The minimum atomic E-state index is -1.07. The first-order valence-electron chi connectivity index (χ1n) is 8.88. The lowest BCUT2D eigenvalue weighted by atomic mass is 10.0. The van der Waals surface area contributed by atoms with Crippen LogP contribution in [0.25, 0.3) is 0 Å². The maximum atomic E-state index is 12.8. The van der Waals surface area contributed by atoms with E-state index in [0.717, 1.165) is 16.8 Å². The number of fused-ring (bicyclic) bond motifs is 1. The van der Waals surface area contributed by atoms with Crippen molar-refractivity contribution in [2.75, 3.05) is 18.5 Å². The summed E-state index contributed by atoms with van der Waals surface area (Å²) in [5.41, 5.74) is 2.58. The number of para-hydroxylation sites is 1. The lowest BCUT2D eigenvalue weighted by Crippen LogP contribution is -2.49. The van der Waals surface area contributed by atoms with Crippen LogP contribution in [0, 0.1) is 0 Å². The second-order valence-corrected chi connectivity index (χ2v) is 6.66. The van der Waals surface area contributed by atoms with Gasteiger partial charge in [-0.3, -0.25) is 9.59 Å². The molecule has 0 radical (unpaired) electrons. The molecule has 27 heavy (non-hydrogen) atoms. The molecule has 0 fully saturated rings. The summed E-state index contributed by atoms with van der Waals surface area (Å²) >= 11 is 0. The maximum absolute atomic E-state index is 12.8. The summed E-state index contributed by atoms with van der Waals surface area (Å²) in [5, 5.41) is 9.60. The van der Waals surface area contributed by atoms with Crippen LogP contribution in [0.15, 0.2) is 54.6 Å². The Hall–Kier alpha value is -3.15. The van der Waals surface area contributed by atoms with Gasteiger partial charge in [-0.2, -0.15) is 0 Å². The zero-order chi connectivity index (χ0) is 19.4. The maximum Gasteiger partial charge on any atom is 0.326 e. The van der Waals surface area contributed by atoms with Crippen molar-refractivity contribution in [3.8, 4) is 0 Å². The lowest BCUT2D eigenvalue weighted by Gasteiger charge is -2.32. The number of carbonyl (C=O) groups is 3. The lowest BCUT2D eigenvalue weighted by molar-refractivity contribution is -0.148. The third kappa shape index (κ3) is 4.16. The molecule has 0 aliphatic carbocycles. The van der Waals surface area contributed by atoms with Crippen molar-refractivity contribution in [3.05, 3.63) is 65.7 Å². The van der Waals surface area contributed by atoms with Gasteiger partial charge in [0.2, 0.25) is 11.8 Å². The number of carboxylic acid groups (broad SMARTS) is 1. The standard InChI is InChI=1S/C21H22N2O4/c1-22(18(21(26)27)13-15-7-3-2-4-8-15)20(25)14-23-17-10-6-5-9-16(17)11-12-19(23)24/h2-10,18H,11-14H2,1H3,(H,26,27). The van der Waals surface area contributed by atoms with E-state index >= 15 is 0 Å². The van der Waals surface area contributed by atoms with Gasteiger partial charge in [-0.15, -0.1) is 0 Å². The molecule has 0 aromatic heterocycles. The minimum absolute atomic E-state index is 0.120. The number of benzene rings is 2. The topological polar surface area (TPSA) is 77.9 Å². The fraction of sp³-hybridized carbons (Fsp3) is 0.286. The van der Waals surface area contributed by atoms with E-state index in [2.05, 4.69) is 0 Å². The van der Waals surface area contributed by atoms with Crippen molar-refractivity contribution in [2.24, 2.45) is 0 Å². The van der Waals surface area contributed by atoms with Crippen LogP contribution in [0.5, 0.6) is 0 Å². The predicted octanol–water partition coefficient (Wildman–Crippen LogP) is 2.12. The third-order valence-electron chi connectivity index (χ3n) is 4.90. The summed E-state index contributed by atoms with van der Waals surface area (Å²) in [5.74, 6) is -1.59. The average Bonchev–Trinajstić information content (AvgIpc) is 2.68. The number of amides is 2. The molecule has 140 valence electrons. The van der Waals surface area contributed by atoms with Gasteiger partial charge in [0.1, 0.15) is 12.6 Å². The Morgan fingerprint density at radius 3 is 2.44 bits per heavy atom. The van der Waals surface area contributed by atoms with E-state index in [-0.39, 0.29) is 18.9 Å². The van der Waals surface area contributed by atoms with E-state index in [1.54, 1.807) is 0 Å². The molecule has 1 unspecified atom stereocenters. The number of nitrogens with zero attached hydrogens (tertiary/aromatic N) is 2. The molecule has 0 spiro atoms. The molecular weight excluding hydrogens is 344 g/mol. The van der Waals surface area contributed by atoms with Crippen LogP contribution in [0.1, 0.15) is 17.5 Å². The van der Waals surface area contributed by atoms with Crippen LogP contribution in [0.4, 0.5) is 5.69 Å². The Morgan fingerprint density at radius 1 is 1.07 bits per heavy atom. The summed E-state index contributed by atoms with van der Waals surface area (Å²) in [6.07, 6.45) is 1.21. The van der Waals surface area contributed by atoms with Crippen LogP contribution < -0.4 is 4.90 Å².